The van der Waals surface area contributed by atoms with E-state index in [0.717, 1.165) is 6.42 Å². The molecule has 0 saturated carbocycles. The van der Waals surface area contributed by atoms with Gasteiger partial charge in [0, 0.05) is 17.9 Å². The first-order valence-corrected chi connectivity index (χ1v) is 11.4. The summed E-state index contributed by atoms with van der Waals surface area (Å²) in [5.74, 6) is -3.05. The van der Waals surface area contributed by atoms with Gasteiger partial charge < -0.3 is 31.5 Å². The summed E-state index contributed by atoms with van der Waals surface area (Å²) in [4.78, 5) is 49.2. The number of phenolic OH excluding ortho intramolecular Hbond substituents is 1. The number of carbonyl (C=O) groups is 4. The average molecular weight is 485 g/mol. The lowest BCUT2D eigenvalue weighted by molar-refractivity contribution is -0.141. The Morgan fingerprint density at radius 1 is 0.969 bits per heavy atom. The Bertz CT molecular complexity index is 817. The molecule has 1 saturated heterocycles. The zero-order valence-corrected chi connectivity index (χ0v) is 19.1. The molecule has 4 unspecified atom stereocenters. The molecule has 0 aromatic heterocycles. The number of hydrogen-bond acceptors (Lipinski definition) is 8. The number of carboxylic acids is 1. The third kappa shape index (κ3) is 7.61. The standard InChI is InChI=1S/C20H28N4O6S2/c25-12-5-3-11(4-6-12)8-14(22-17(26)13-2-1-7-21-13)18(27)23-15(9-31)19(28)24-16(10-32)20(29)30/h3-6,13-16,21,25,31-32H,1-2,7-10H2,(H,22,26)(H,23,27)(H,24,28)(H,29,30). The van der Waals surface area contributed by atoms with Crippen LogP contribution in [0.3, 0.4) is 0 Å². The van der Waals surface area contributed by atoms with E-state index in [4.69, 9.17) is 5.11 Å². The predicted octanol–water partition coefficient (Wildman–Crippen LogP) is -0.915. The first-order valence-electron chi connectivity index (χ1n) is 10.1. The number of rotatable bonds is 11. The summed E-state index contributed by atoms with van der Waals surface area (Å²) < 4.78 is 0. The van der Waals surface area contributed by atoms with Crippen molar-refractivity contribution in [2.24, 2.45) is 0 Å². The molecule has 1 aliphatic heterocycles. The summed E-state index contributed by atoms with van der Waals surface area (Å²) in [7, 11) is 0. The highest BCUT2D eigenvalue weighted by molar-refractivity contribution is 7.80. The number of thiol groups is 2. The number of hydrogen-bond donors (Lipinski definition) is 8. The molecule has 32 heavy (non-hydrogen) atoms. The normalized spacial score (nSPS) is 18.2. The van der Waals surface area contributed by atoms with E-state index in [1.807, 2.05) is 0 Å². The van der Waals surface area contributed by atoms with Gasteiger partial charge in [0.15, 0.2) is 0 Å². The van der Waals surface area contributed by atoms with E-state index < -0.39 is 42.0 Å². The molecule has 2 rings (SSSR count). The van der Waals surface area contributed by atoms with Crippen LogP contribution in [-0.4, -0.2) is 76.1 Å². The lowest BCUT2D eigenvalue weighted by Gasteiger charge is -2.24. The van der Waals surface area contributed by atoms with Crippen molar-refractivity contribution in [3.63, 3.8) is 0 Å². The Hall–Kier alpha value is -2.44. The van der Waals surface area contributed by atoms with Crippen LogP contribution in [0.2, 0.25) is 0 Å². The highest BCUT2D eigenvalue weighted by atomic mass is 32.1. The lowest BCUT2D eigenvalue weighted by atomic mass is 10.0. The van der Waals surface area contributed by atoms with Gasteiger partial charge in [0.2, 0.25) is 17.7 Å². The molecule has 0 aliphatic carbocycles. The number of benzene rings is 1. The van der Waals surface area contributed by atoms with Crippen molar-refractivity contribution in [3.05, 3.63) is 29.8 Å². The van der Waals surface area contributed by atoms with Crippen LogP contribution in [0.5, 0.6) is 5.75 Å². The van der Waals surface area contributed by atoms with Crippen molar-refractivity contribution in [2.75, 3.05) is 18.1 Å². The van der Waals surface area contributed by atoms with Crippen molar-refractivity contribution < 1.29 is 29.4 Å². The number of amides is 3. The van der Waals surface area contributed by atoms with Crippen LogP contribution in [-0.2, 0) is 25.6 Å². The third-order valence-corrected chi connectivity index (χ3v) is 5.73. The number of nitrogens with one attached hydrogen (secondary N) is 4. The quantitative estimate of drug-likeness (QED) is 0.189. The van der Waals surface area contributed by atoms with Gasteiger partial charge in [0.25, 0.3) is 0 Å². The molecule has 4 atom stereocenters. The molecular formula is C20H28N4O6S2. The maximum absolute atomic E-state index is 13.0. The fraction of sp³-hybridized carbons (Fsp3) is 0.500. The lowest BCUT2D eigenvalue weighted by Crippen LogP contribution is -2.58. The molecule has 10 nitrogen and oxygen atoms in total. The van der Waals surface area contributed by atoms with Crippen molar-refractivity contribution in [3.8, 4) is 5.75 Å². The summed E-state index contributed by atoms with van der Waals surface area (Å²) in [5.41, 5.74) is 0.690. The van der Waals surface area contributed by atoms with Crippen LogP contribution >= 0.6 is 25.3 Å². The topological polar surface area (TPSA) is 157 Å². The van der Waals surface area contributed by atoms with Gasteiger partial charge in [-0.25, -0.2) is 4.79 Å². The monoisotopic (exact) mass is 484 g/mol. The largest absolute Gasteiger partial charge is 0.508 e. The molecular weight excluding hydrogens is 456 g/mol. The minimum atomic E-state index is -1.25. The Morgan fingerprint density at radius 3 is 2.09 bits per heavy atom. The van der Waals surface area contributed by atoms with Crippen molar-refractivity contribution in [1.82, 2.24) is 21.3 Å². The number of aliphatic carboxylic acids is 1. The molecule has 1 aromatic carbocycles. The SMILES string of the molecule is O=C(O)C(CS)NC(=O)C(CS)NC(=O)C(Cc1ccc(O)cc1)NC(=O)C1CCCN1. The zero-order chi connectivity index (χ0) is 23.7. The van der Waals surface area contributed by atoms with E-state index in [1.54, 1.807) is 12.1 Å². The van der Waals surface area contributed by atoms with Crippen LogP contribution in [0, 0.1) is 0 Å². The van der Waals surface area contributed by atoms with Gasteiger partial charge in [0.1, 0.15) is 23.9 Å². The van der Waals surface area contributed by atoms with Gasteiger partial charge in [-0.1, -0.05) is 12.1 Å². The highest BCUT2D eigenvalue weighted by Gasteiger charge is 2.31. The van der Waals surface area contributed by atoms with Gasteiger partial charge in [-0.2, -0.15) is 25.3 Å². The Morgan fingerprint density at radius 2 is 1.56 bits per heavy atom. The zero-order valence-electron chi connectivity index (χ0n) is 17.3. The molecule has 0 bridgehead atoms. The molecule has 1 aromatic rings. The second-order valence-electron chi connectivity index (χ2n) is 7.41. The summed E-state index contributed by atoms with van der Waals surface area (Å²) >= 11 is 7.99. The molecule has 3 amide bonds. The van der Waals surface area contributed by atoms with Gasteiger partial charge >= 0.3 is 5.97 Å². The summed E-state index contributed by atoms with van der Waals surface area (Å²) in [5, 5.41) is 29.2. The molecule has 0 spiro atoms. The summed E-state index contributed by atoms with van der Waals surface area (Å²) in [6, 6.07) is 2.47. The molecule has 1 aliphatic rings. The van der Waals surface area contributed by atoms with Crippen LogP contribution in [0.1, 0.15) is 18.4 Å². The first kappa shape index (κ1) is 25.8. The van der Waals surface area contributed by atoms with E-state index >= 15 is 0 Å². The first-order chi connectivity index (χ1) is 15.2. The smallest absolute Gasteiger partial charge is 0.327 e. The Labute approximate surface area is 196 Å². The van der Waals surface area contributed by atoms with E-state index in [1.165, 1.54) is 12.1 Å². The molecule has 176 valence electrons. The van der Waals surface area contributed by atoms with E-state index in [0.29, 0.717) is 18.5 Å². The second kappa shape index (κ2) is 12.6. The minimum absolute atomic E-state index is 0.0675. The number of carboxylic acid groups (broad SMARTS) is 1. The maximum Gasteiger partial charge on any atom is 0.327 e. The molecule has 12 heteroatoms. The van der Waals surface area contributed by atoms with E-state index in [2.05, 4.69) is 46.5 Å². The number of aromatic hydroxyl groups is 1. The molecule has 1 heterocycles. The Kier molecular flexibility index (Phi) is 10.1. The van der Waals surface area contributed by atoms with Gasteiger partial charge in [0.05, 0.1) is 6.04 Å². The van der Waals surface area contributed by atoms with E-state index in [-0.39, 0.29) is 29.6 Å². The van der Waals surface area contributed by atoms with Crippen LogP contribution in [0.25, 0.3) is 0 Å². The van der Waals surface area contributed by atoms with Gasteiger partial charge in [-0.3, -0.25) is 14.4 Å². The number of carbonyl (C=O) groups excluding carboxylic acids is 3. The molecule has 1 fully saturated rings. The van der Waals surface area contributed by atoms with Crippen LogP contribution < -0.4 is 21.3 Å². The fourth-order valence-corrected chi connectivity index (χ4v) is 3.69. The van der Waals surface area contributed by atoms with Crippen LogP contribution in [0.15, 0.2) is 24.3 Å². The molecule has 0 radical (unpaired) electrons. The molecule has 6 N–H and O–H groups in total. The predicted molar refractivity (Wildman–Crippen MR) is 124 cm³/mol. The van der Waals surface area contributed by atoms with Crippen molar-refractivity contribution in [1.29, 1.82) is 0 Å². The average Bonchev–Trinajstić information content (AvgIpc) is 3.31. The minimum Gasteiger partial charge on any atom is -0.508 e. The van der Waals surface area contributed by atoms with E-state index in [9.17, 15) is 24.3 Å². The third-order valence-electron chi connectivity index (χ3n) is 5.00. The van der Waals surface area contributed by atoms with Crippen molar-refractivity contribution >= 4 is 48.9 Å². The Balaban J connectivity index is 2.11. The fourth-order valence-electron chi connectivity index (χ4n) is 3.18. The maximum atomic E-state index is 13.0. The summed E-state index contributed by atoms with van der Waals surface area (Å²) in [6.07, 6.45) is 1.63. The second-order valence-corrected chi connectivity index (χ2v) is 8.14. The highest BCUT2D eigenvalue weighted by Crippen LogP contribution is 2.12. The van der Waals surface area contributed by atoms with Gasteiger partial charge in [-0.05, 0) is 37.1 Å². The van der Waals surface area contributed by atoms with Crippen molar-refractivity contribution in [2.45, 2.75) is 43.4 Å². The number of phenols is 1. The summed E-state index contributed by atoms with van der Waals surface area (Å²) in [6.45, 7) is 0.713. The van der Waals surface area contributed by atoms with Gasteiger partial charge in [-0.15, -0.1) is 0 Å². The van der Waals surface area contributed by atoms with Crippen LogP contribution in [0.4, 0.5) is 0 Å².